The zero-order chi connectivity index (χ0) is 14.6. The molecule has 0 unspecified atom stereocenters. The van der Waals surface area contributed by atoms with Gasteiger partial charge in [-0.05, 0) is 38.5 Å². The van der Waals surface area contributed by atoms with E-state index in [0.29, 0.717) is 25.3 Å². The molecule has 2 aliphatic carbocycles. The van der Waals surface area contributed by atoms with Crippen molar-refractivity contribution >= 4 is 12.0 Å². The molecule has 0 bridgehead atoms. The second kappa shape index (κ2) is 6.46. The topological polar surface area (TPSA) is 69.6 Å². The van der Waals surface area contributed by atoms with Gasteiger partial charge in [0.2, 0.25) is 0 Å². The largest absolute Gasteiger partial charge is 0.481 e. The molecular weight excluding hydrogens is 256 g/mol. The molecule has 5 nitrogen and oxygen atoms in total. The highest BCUT2D eigenvalue weighted by Gasteiger charge is 2.40. The number of aliphatic carboxylic acids is 1. The standard InChI is InChI=1S/C15H26N2O3/c1-2-17(10-12-6-7-12)14(20)16-11-15(13(18)19)8-4-3-5-9-15/h12H,2-11H2,1H3,(H,16,20)(H,18,19). The van der Waals surface area contributed by atoms with Crippen LogP contribution in [0.2, 0.25) is 0 Å². The minimum absolute atomic E-state index is 0.106. The maximum Gasteiger partial charge on any atom is 0.317 e. The first kappa shape index (κ1) is 15.1. The molecule has 0 aliphatic heterocycles. The smallest absolute Gasteiger partial charge is 0.317 e. The van der Waals surface area contributed by atoms with Gasteiger partial charge in [-0.15, -0.1) is 0 Å². The first-order valence-corrected chi connectivity index (χ1v) is 7.83. The highest BCUT2D eigenvalue weighted by atomic mass is 16.4. The molecule has 20 heavy (non-hydrogen) atoms. The van der Waals surface area contributed by atoms with E-state index in [4.69, 9.17) is 0 Å². The van der Waals surface area contributed by atoms with Crippen LogP contribution in [0.25, 0.3) is 0 Å². The molecule has 0 aromatic heterocycles. The molecule has 2 aliphatic rings. The van der Waals surface area contributed by atoms with Gasteiger partial charge in [-0.2, -0.15) is 0 Å². The van der Waals surface area contributed by atoms with Crippen molar-refractivity contribution in [3.8, 4) is 0 Å². The molecule has 5 heteroatoms. The van der Waals surface area contributed by atoms with E-state index in [1.807, 2.05) is 6.92 Å². The summed E-state index contributed by atoms with van der Waals surface area (Å²) < 4.78 is 0. The summed E-state index contributed by atoms with van der Waals surface area (Å²) >= 11 is 0. The molecule has 0 atom stereocenters. The number of carbonyl (C=O) groups excluding carboxylic acids is 1. The van der Waals surface area contributed by atoms with Gasteiger partial charge in [-0.1, -0.05) is 19.3 Å². The maximum atomic E-state index is 12.2. The van der Waals surface area contributed by atoms with Crippen LogP contribution in [-0.2, 0) is 4.79 Å². The van der Waals surface area contributed by atoms with E-state index in [2.05, 4.69) is 5.32 Å². The Morgan fingerprint density at radius 1 is 1.25 bits per heavy atom. The molecule has 2 rings (SSSR count). The highest BCUT2D eigenvalue weighted by molar-refractivity contribution is 5.78. The first-order valence-electron chi connectivity index (χ1n) is 7.83. The molecule has 0 heterocycles. The highest BCUT2D eigenvalue weighted by Crippen LogP contribution is 2.36. The van der Waals surface area contributed by atoms with Crippen LogP contribution in [-0.4, -0.2) is 41.6 Å². The Morgan fingerprint density at radius 3 is 2.40 bits per heavy atom. The Balaban J connectivity index is 1.87. The van der Waals surface area contributed by atoms with Gasteiger partial charge in [0, 0.05) is 19.6 Å². The van der Waals surface area contributed by atoms with Gasteiger partial charge < -0.3 is 15.3 Å². The number of rotatable bonds is 6. The van der Waals surface area contributed by atoms with Crippen LogP contribution in [0, 0.1) is 11.3 Å². The number of carboxylic acids is 1. The Labute approximate surface area is 120 Å². The van der Waals surface area contributed by atoms with E-state index in [1.165, 1.54) is 12.8 Å². The Kier molecular flexibility index (Phi) is 4.89. The third-order valence-electron chi connectivity index (χ3n) is 4.69. The summed E-state index contributed by atoms with van der Waals surface area (Å²) in [4.78, 5) is 25.5. The number of amides is 2. The SMILES string of the molecule is CCN(CC1CC1)C(=O)NCC1(C(=O)O)CCCCC1. The Bertz CT molecular complexity index is 360. The van der Waals surface area contributed by atoms with Gasteiger partial charge in [0.05, 0.1) is 5.41 Å². The molecular formula is C15H26N2O3. The predicted octanol–water partition coefficient (Wildman–Crippen LogP) is 2.46. The fourth-order valence-electron chi connectivity index (χ4n) is 3.02. The van der Waals surface area contributed by atoms with Gasteiger partial charge in [-0.25, -0.2) is 4.79 Å². The molecule has 2 fully saturated rings. The lowest BCUT2D eigenvalue weighted by molar-refractivity contribution is -0.150. The zero-order valence-corrected chi connectivity index (χ0v) is 12.4. The molecule has 2 N–H and O–H groups in total. The van der Waals surface area contributed by atoms with Crippen LogP contribution in [0.15, 0.2) is 0 Å². The number of hydrogen-bond acceptors (Lipinski definition) is 2. The van der Waals surface area contributed by atoms with Crippen molar-refractivity contribution in [1.82, 2.24) is 10.2 Å². The van der Waals surface area contributed by atoms with Crippen molar-refractivity contribution in [2.75, 3.05) is 19.6 Å². The number of urea groups is 1. The van der Waals surface area contributed by atoms with E-state index in [9.17, 15) is 14.7 Å². The molecule has 114 valence electrons. The predicted molar refractivity (Wildman–Crippen MR) is 76.5 cm³/mol. The minimum Gasteiger partial charge on any atom is -0.481 e. The first-order chi connectivity index (χ1) is 9.57. The summed E-state index contributed by atoms with van der Waals surface area (Å²) in [5, 5.41) is 12.4. The average molecular weight is 282 g/mol. The van der Waals surface area contributed by atoms with Crippen molar-refractivity contribution in [1.29, 1.82) is 0 Å². The van der Waals surface area contributed by atoms with E-state index in [1.54, 1.807) is 4.90 Å². The third kappa shape index (κ3) is 3.64. The van der Waals surface area contributed by atoms with Crippen molar-refractivity contribution in [3.05, 3.63) is 0 Å². The van der Waals surface area contributed by atoms with Gasteiger partial charge in [0.25, 0.3) is 0 Å². The Hall–Kier alpha value is -1.26. The molecule has 0 radical (unpaired) electrons. The summed E-state index contributed by atoms with van der Waals surface area (Å²) in [6.07, 6.45) is 6.77. The number of nitrogens with one attached hydrogen (secondary N) is 1. The fraction of sp³-hybridized carbons (Fsp3) is 0.867. The number of hydrogen-bond donors (Lipinski definition) is 2. The fourth-order valence-corrected chi connectivity index (χ4v) is 3.02. The number of carbonyl (C=O) groups is 2. The summed E-state index contributed by atoms with van der Waals surface area (Å²) in [7, 11) is 0. The second-order valence-corrected chi connectivity index (χ2v) is 6.29. The molecule has 2 saturated carbocycles. The van der Waals surface area contributed by atoms with Crippen LogP contribution in [0.4, 0.5) is 4.79 Å². The van der Waals surface area contributed by atoms with Crippen molar-refractivity contribution in [2.24, 2.45) is 11.3 Å². The van der Waals surface area contributed by atoms with Crippen LogP contribution in [0.5, 0.6) is 0 Å². The lowest BCUT2D eigenvalue weighted by Gasteiger charge is -2.34. The molecule has 0 aromatic rings. The quantitative estimate of drug-likeness (QED) is 0.786. The van der Waals surface area contributed by atoms with Gasteiger partial charge in [0.15, 0.2) is 0 Å². The van der Waals surface area contributed by atoms with Crippen molar-refractivity contribution in [3.63, 3.8) is 0 Å². The van der Waals surface area contributed by atoms with Crippen molar-refractivity contribution in [2.45, 2.75) is 51.9 Å². The third-order valence-corrected chi connectivity index (χ3v) is 4.69. The molecule has 0 spiro atoms. The van der Waals surface area contributed by atoms with Crippen LogP contribution in [0.3, 0.4) is 0 Å². The second-order valence-electron chi connectivity index (χ2n) is 6.29. The minimum atomic E-state index is -0.761. The van der Waals surface area contributed by atoms with Gasteiger partial charge in [-0.3, -0.25) is 4.79 Å². The van der Waals surface area contributed by atoms with E-state index in [0.717, 1.165) is 25.8 Å². The van der Waals surface area contributed by atoms with E-state index < -0.39 is 11.4 Å². The molecule has 0 saturated heterocycles. The monoisotopic (exact) mass is 282 g/mol. The van der Waals surface area contributed by atoms with Gasteiger partial charge >= 0.3 is 12.0 Å². The summed E-state index contributed by atoms with van der Waals surface area (Å²) in [5.74, 6) is -0.105. The molecule has 0 aromatic carbocycles. The average Bonchev–Trinajstić information content (AvgIpc) is 3.27. The van der Waals surface area contributed by atoms with Crippen LogP contribution >= 0.6 is 0 Å². The number of nitrogens with zero attached hydrogens (tertiary/aromatic N) is 1. The van der Waals surface area contributed by atoms with Crippen LogP contribution < -0.4 is 5.32 Å². The lowest BCUT2D eigenvalue weighted by atomic mass is 9.74. The molecule has 2 amide bonds. The van der Waals surface area contributed by atoms with Gasteiger partial charge in [0.1, 0.15) is 0 Å². The summed E-state index contributed by atoms with van der Waals surface area (Å²) in [5.41, 5.74) is -0.743. The van der Waals surface area contributed by atoms with E-state index >= 15 is 0 Å². The number of carboxylic acid groups (broad SMARTS) is 1. The summed E-state index contributed by atoms with van der Waals surface area (Å²) in [6.45, 7) is 3.72. The Morgan fingerprint density at radius 2 is 1.90 bits per heavy atom. The summed E-state index contributed by atoms with van der Waals surface area (Å²) in [6, 6.07) is -0.106. The lowest BCUT2D eigenvalue weighted by Crippen LogP contribution is -2.48. The van der Waals surface area contributed by atoms with E-state index in [-0.39, 0.29) is 12.6 Å². The zero-order valence-electron chi connectivity index (χ0n) is 12.4. The van der Waals surface area contributed by atoms with Crippen LogP contribution in [0.1, 0.15) is 51.9 Å². The maximum absolute atomic E-state index is 12.2. The van der Waals surface area contributed by atoms with Crippen molar-refractivity contribution < 1.29 is 14.7 Å². The normalized spacial score (nSPS) is 21.2.